The first kappa shape index (κ1) is 37.1. The number of methoxy groups -OCH3 is 2. The summed E-state index contributed by atoms with van der Waals surface area (Å²) < 4.78 is 60.0. The van der Waals surface area contributed by atoms with E-state index in [2.05, 4.69) is 44.6 Å². The number of rotatable bonds is 11. The molecule has 3 aliphatic carbocycles. The minimum Gasteiger partial charge on any atom is -0.453 e. The predicted octanol–water partition coefficient (Wildman–Crippen LogP) is 8.43. The molecule has 10 rings (SSSR count). The highest BCUT2D eigenvalue weighted by Crippen LogP contribution is 2.54. The lowest BCUT2D eigenvalue weighted by Gasteiger charge is -2.40. The molecule has 3 fully saturated rings. The van der Waals surface area contributed by atoms with Gasteiger partial charge in [0.25, 0.3) is 0 Å². The van der Waals surface area contributed by atoms with Gasteiger partial charge < -0.3 is 34.9 Å². The fourth-order valence-corrected chi connectivity index (χ4v) is 10.6. The number of aliphatic imine (C=N–C) groups is 1. The number of amides is 4. The van der Waals surface area contributed by atoms with Crippen molar-refractivity contribution in [2.24, 2.45) is 16.8 Å². The molecule has 1 unspecified atom stereocenters. The fraction of sp³-hybridized carbons (Fsp3) is 0.520. The van der Waals surface area contributed by atoms with Crippen molar-refractivity contribution in [1.29, 1.82) is 0 Å². The molecule has 4 amide bonds. The Morgan fingerprint density at radius 3 is 2.09 bits per heavy atom. The highest BCUT2D eigenvalue weighted by Gasteiger charge is 2.46. The normalized spacial score (nSPS) is 25.8. The summed E-state index contributed by atoms with van der Waals surface area (Å²) in [6.45, 7) is 3.27. The lowest BCUT2D eigenvalue weighted by Crippen LogP contribution is -2.62. The van der Waals surface area contributed by atoms with E-state index >= 15 is 0 Å². The number of allylic oxidation sites excluding steroid dienone is 1. The molecule has 5 heterocycles. The molecule has 0 radical (unpaired) electrons. The number of carbonyl (C=O) groups is 4. The van der Waals surface area contributed by atoms with Crippen LogP contribution >= 0.6 is 0 Å². The highest BCUT2D eigenvalue weighted by atomic mass is 16.5. The molecule has 5 atom stereocenters. The van der Waals surface area contributed by atoms with Crippen LogP contribution in [0.15, 0.2) is 53.7 Å². The molecule has 3 N–H and O–H groups in total. The number of alkyl carbamates (subject to hydrolysis) is 2. The Hall–Kier alpha value is -6.12. The molecule has 15 heteroatoms. The number of hydrogen-bond donors (Lipinski definition) is 3. The Labute approximate surface area is 388 Å². The van der Waals surface area contributed by atoms with Crippen LogP contribution in [0.2, 0.25) is 0 Å². The van der Waals surface area contributed by atoms with Crippen LogP contribution in [0.4, 0.5) is 9.59 Å². The molecule has 342 valence electrons. The average molecular weight is 890 g/mol. The van der Waals surface area contributed by atoms with Gasteiger partial charge in [-0.3, -0.25) is 14.6 Å². The molecule has 3 aliphatic heterocycles. The summed E-state index contributed by atoms with van der Waals surface area (Å²) in [5, 5.41) is 14.6. The van der Waals surface area contributed by atoms with Gasteiger partial charge in [0, 0.05) is 49.4 Å². The van der Waals surface area contributed by atoms with Crippen LogP contribution in [-0.2, 0) is 19.1 Å². The van der Waals surface area contributed by atoms with Gasteiger partial charge in [0.15, 0.2) is 0 Å². The molecule has 1 saturated carbocycles. The quantitative estimate of drug-likeness (QED) is 0.133. The molecule has 65 heavy (non-hydrogen) atoms. The topological polar surface area (TPSA) is 184 Å². The van der Waals surface area contributed by atoms with Crippen LogP contribution in [0.3, 0.4) is 0 Å². The second-order valence-electron chi connectivity index (χ2n) is 18.3. The lowest BCUT2D eigenvalue weighted by atomic mass is 9.65. The van der Waals surface area contributed by atoms with E-state index in [-0.39, 0.29) is 18.5 Å². The van der Waals surface area contributed by atoms with Gasteiger partial charge in [-0.05, 0) is 116 Å². The number of nitrogens with zero attached hydrogens (tertiary/aromatic N) is 6. The van der Waals surface area contributed by atoms with E-state index < -0.39 is 54.3 Å². The molecule has 15 nitrogen and oxygen atoms in total. The fourth-order valence-electron chi connectivity index (χ4n) is 10.6. The number of carbonyl (C=O) groups excluding carboxylic acids is 4. The zero-order valence-electron chi connectivity index (χ0n) is 43.8. The van der Waals surface area contributed by atoms with Gasteiger partial charge in [-0.2, -0.15) is 0 Å². The number of nitrogens with one attached hydrogen (secondary N) is 3. The molecule has 6 aliphatic rings. The SMILES string of the molecule is [2H]C([2H])([2H])C([2H])(C)[C@]([2H])(NC(=O)OC)C(=O)N1CCC[C@H]1c1nc2ccc(-c3nnc(-c4ccc(C5=CN=C([C@@H]6CCCN6C(=O)[C@](C)(NC(=O)OC)C([2H])(C)C)C5)cc4)c4c3C3CCC4CC3)cc2[nH]1. The second kappa shape index (κ2) is 17.7. The number of aromatic nitrogens is 4. The van der Waals surface area contributed by atoms with Crippen molar-refractivity contribution in [2.45, 2.75) is 128 Å². The van der Waals surface area contributed by atoms with Crippen LogP contribution in [0.25, 0.3) is 39.1 Å². The Kier molecular flexibility index (Phi) is 10.1. The summed E-state index contributed by atoms with van der Waals surface area (Å²) >= 11 is 0. The Bertz CT molecular complexity index is 2850. The van der Waals surface area contributed by atoms with Gasteiger partial charge in [0.1, 0.15) is 17.4 Å². The lowest BCUT2D eigenvalue weighted by molar-refractivity contribution is -0.139. The highest BCUT2D eigenvalue weighted by molar-refractivity contribution is 6.04. The maximum absolute atomic E-state index is 14.2. The Morgan fingerprint density at radius 1 is 0.831 bits per heavy atom. The zero-order valence-corrected chi connectivity index (χ0v) is 37.8. The second-order valence-corrected chi connectivity index (χ2v) is 18.3. The number of aromatic amines is 1. The Balaban J connectivity index is 0.952. The summed E-state index contributed by atoms with van der Waals surface area (Å²) in [6.07, 6.45) is 7.20. The van der Waals surface area contributed by atoms with E-state index in [1.165, 1.54) is 23.1 Å². The third-order valence-corrected chi connectivity index (χ3v) is 14.3. The van der Waals surface area contributed by atoms with Crippen LogP contribution in [0.5, 0.6) is 0 Å². The van der Waals surface area contributed by atoms with Crippen LogP contribution in [0, 0.1) is 11.8 Å². The summed E-state index contributed by atoms with van der Waals surface area (Å²) in [6, 6.07) is 10.3. The van der Waals surface area contributed by atoms with Gasteiger partial charge in [-0.25, -0.2) is 14.6 Å². The van der Waals surface area contributed by atoms with E-state index in [1.807, 2.05) is 24.4 Å². The molecule has 0 spiro atoms. The molecule has 2 bridgehead atoms. The van der Waals surface area contributed by atoms with Crippen LogP contribution < -0.4 is 10.6 Å². The van der Waals surface area contributed by atoms with Gasteiger partial charge in [0.05, 0.1) is 50.1 Å². The molecule has 2 saturated heterocycles. The predicted molar refractivity (Wildman–Crippen MR) is 248 cm³/mol. The van der Waals surface area contributed by atoms with Crippen LogP contribution in [0.1, 0.15) is 141 Å². The first-order valence-electron chi connectivity index (χ1n) is 25.6. The molecule has 2 aromatic carbocycles. The average Bonchev–Trinajstić information content (AvgIpc) is 4.20. The van der Waals surface area contributed by atoms with Gasteiger partial charge >= 0.3 is 12.2 Å². The Morgan fingerprint density at radius 2 is 1.45 bits per heavy atom. The van der Waals surface area contributed by atoms with E-state index in [1.54, 1.807) is 25.7 Å². The van der Waals surface area contributed by atoms with Gasteiger partial charge in [-0.1, -0.05) is 58.0 Å². The van der Waals surface area contributed by atoms with E-state index in [9.17, 15) is 19.2 Å². The number of likely N-dealkylation sites (tertiary alicyclic amines) is 2. The number of fused-ring (bicyclic) bond motifs is 3. The van der Waals surface area contributed by atoms with Crippen molar-refractivity contribution < 1.29 is 36.9 Å². The minimum atomic E-state index is -3.11. The first-order chi connectivity index (χ1) is 33.5. The molecule has 2 aromatic heterocycles. The number of ether oxygens (including phenoxy) is 2. The van der Waals surface area contributed by atoms with E-state index in [0.29, 0.717) is 54.5 Å². The van der Waals surface area contributed by atoms with Crippen molar-refractivity contribution in [3.05, 3.63) is 71.2 Å². The van der Waals surface area contributed by atoms with Crippen LogP contribution in [-0.4, -0.2) is 105 Å². The van der Waals surface area contributed by atoms with Crippen molar-refractivity contribution >= 4 is 46.3 Å². The standard InChI is InChI=1S/C50H61N9O6/c1-27(2)42(54-48(62)64-6)46(60)58-22-9-11-39(58)45-52-35-21-20-33(24-36(35)53-45)44-41-31-16-14-30(15-17-31)40(41)43(56-57-44)32-18-12-29(13-19-32)34-25-37(51-26-34)38-10-8-23-59(38)47(61)50(5,28(3)4)55-49(63)65-7/h12-13,18-21,24,26-28,30-31,38-39,42H,8-11,14-17,22-23,25H2,1-7H3,(H,52,53)(H,54,62)(H,55,63)/t30?,31?,38-,39-,42-,50+/m0/s1/i1D3,27D,28D,42D/t27?,30?,31?,38-,39-,42-,50+. The van der Waals surface area contributed by atoms with Gasteiger partial charge in [-0.15, -0.1) is 10.2 Å². The summed E-state index contributed by atoms with van der Waals surface area (Å²) in [4.78, 5) is 69.2. The molecule has 4 aromatic rings. The summed E-state index contributed by atoms with van der Waals surface area (Å²) in [7, 11) is 2.27. The maximum Gasteiger partial charge on any atom is 0.407 e. The smallest absolute Gasteiger partial charge is 0.407 e. The number of H-pyrrole nitrogens is 1. The van der Waals surface area contributed by atoms with E-state index in [0.717, 1.165) is 91.9 Å². The molecular weight excluding hydrogens is 823 g/mol. The zero-order chi connectivity index (χ0) is 51.0. The molecular formula is C50H61N9O6. The third kappa shape index (κ3) is 8.05. The van der Waals surface area contributed by atoms with Crippen molar-refractivity contribution in [3.63, 3.8) is 0 Å². The third-order valence-electron chi connectivity index (χ3n) is 14.3. The monoisotopic (exact) mass is 890 g/mol. The number of hydrogen-bond acceptors (Lipinski definition) is 10. The van der Waals surface area contributed by atoms with E-state index in [4.69, 9.17) is 33.1 Å². The van der Waals surface area contributed by atoms with Crippen molar-refractivity contribution in [3.8, 4) is 22.5 Å². The first-order valence-corrected chi connectivity index (χ1v) is 22.6. The van der Waals surface area contributed by atoms with Gasteiger partial charge in [0.2, 0.25) is 11.8 Å². The van der Waals surface area contributed by atoms with Crippen molar-refractivity contribution in [2.75, 3.05) is 27.3 Å². The largest absolute Gasteiger partial charge is 0.453 e. The van der Waals surface area contributed by atoms with Crippen molar-refractivity contribution in [1.82, 2.24) is 40.6 Å². The summed E-state index contributed by atoms with van der Waals surface area (Å²) in [5.74, 6) is -4.38. The minimum absolute atomic E-state index is 0.161. The number of benzene rings is 2. The number of imidazole rings is 1. The summed E-state index contributed by atoms with van der Waals surface area (Å²) in [5.41, 5.74) is 8.65. The maximum atomic E-state index is 14.2.